The van der Waals surface area contributed by atoms with Gasteiger partial charge < -0.3 is 9.84 Å². The molecule has 0 aliphatic carbocycles. The van der Waals surface area contributed by atoms with Crippen molar-refractivity contribution in [3.8, 4) is 11.3 Å². The fourth-order valence-corrected chi connectivity index (χ4v) is 2.31. The average molecular weight is 431 g/mol. The SMILES string of the molecule is C[C@H](NC(=O)c1onc(-c2ccc(C(F)(F)F)cc2)c1Br)C(F)(F)F. The fourth-order valence-electron chi connectivity index (χ4n) is 1.76. The van der Waals surface area contributed by atoms with Crippen LogP contribution in [0, 0.1) is 0 Å². The van der Waals surface area contributed by atoms with Crippen LogP contribution in [-0.2, 0) is 6.18 Å². The summed E-state index contributed by atoms with van der Waals surface area (Å²) < 4.78 is 79.7. The van der Waals surface area contributed by atoms with Crippen LogP contribution in [0.3, 0.4) is 0 Å². The number of halogens is 7. The maximum Gasteiger partial charge on any atom is 0.416 e. The van der Waals surface area contributed by atoms with Crippen LogP contribution in [0.2, 0.25) is 0 Å². The monoisotopic (exact) mass is 430 g/mol. The van der Waals surface area contributed by atoms with Crippen molar-refractivity contribution in [3.05, 3.63) is 40.1 Å². The Kier molecular flexibility index (Phi) is 5.17. The Morgan fingerprint density at radius 2 is 1.72 bits per heavy atom. The highest BCUT2D eigenvalue weighted by Gasteiger charge is 2.38. The molecule has 25 heavy (non-hydrogen) atoms. The molecular weight excluding hydrogens is 422 g/mol. The molecule has 0 bridgehead atoms. The van der Waals surface area contributed by atoms with Gasteiger partial charge in [-0.1, -0.05) is 17.3 Å². The normalized spacial score (nSPS) is 13.6. The van der Waals surface area contributed by atoms with Crippen LogP contribution in [0.15, 0.2) is 33.3 Å². The summed E-state index contributed by atoms with van der Waals surface area (Å²) in [6.45, 7) is 0.749. The predicted octanol–water partition coefficient (Wildman–Crippen LogP) is 4.80. The third-order valence-electron chi connectivity index (χ3n) is 3.17. The number of hydrogen-bond acceptors (Lipinski definition) is 3. The molecule has 1 N–H and O–H groups in total. The zero-order valence-electron chi connectivity index (χ0n) is 12.3. The van der Waals surface area contributed by atoms with E-state index in [1.165, 1.54) is 0 Å². The number of aromatic nitrogens is 1. The number of nitrogens with one attached hydrogen (secondary N) is 1. The lowest BCUT2D eigenvalue weighted by atomic mass is 10.1. The number of benzene rings is 1. The maximum absolute atomic E-state index is 12.5. The maximum atomic E-state index is 12.5. The van der Waals surface area contributed by atoms with Gasteiger partial charge in [-0.25, -0.2) is 0 Å². The molecule has 0 saturated carbocycles. The molecule has 0 aliphatic heterocycles. The molecule has 0 radical (unpaired) electrons. The minimum absolute atomic E-state index is 0.0152. The first-order chi connectivity index (χ1) is 11.4. The third kappa shape index (κ3) is 4.33. The van der Waals surface area contributed by atoms with Gasteiger partial charge in [-0.2, -0.15) is 26.3 Å². The molecule has 136 valence electrons. The van der Waals surface area contributed by atoms with E-state index in [2.05, 4.69) is 21.1 Å². The summed E-state index contributed by atoms with van der Waals surface area (Å²) >= 11 is 2.97. The minimum atomic E-state index is -4.64. The lowest BCUT2D eigenvalue weighted by molar-refractivity contribution is -0.149. The van der Waals surface area contributed by atoms with Crippen LogP contribution in [0.1, 0.15) is 23.0 Å². The van der Waals surface area contributed by atoms with Gasteiger partial charge in [-0.05, 0) is 35.0 Å². The third-order valence-corrected chi connectivity index (χ3v) is 3.90. The van der Waals surface area contributed by atoms with Crippen molar-refractivity contribution >= 4 is 21.8 Å². The van der Waals surface area contributed by atoms with Gasteiger partial charge in [0.05, 0.1) is 10.0 Å². The highest BCUT2D eigenvalue weighted by molar-refractivity contribution is 9.10. The van der Waals surface area contributed by atoms with Crippen molar-refractivity contribution in [3.63, 3.8) is 0 Å². The molecule has 0 fully saturated rings. The second-order valence-electron chi connectivity index (χ2n) is 4.99. The van der Waals surface area contributed by atoms with Gasteiger partial charge in [0.25, 0.3) is 5.91 Å². The van der Waals surface area contributed by atoms with Gasteiger partial charge in [-0.15, -0.1) is 0 Å². The van der Waals surface area contributed by atoms with Crippen molar-refractivity contribution in [2.24, 2.45) is 0 Å². The van der Waals surface area contributed by atoms with Gasteiger partial charge in [0.1, 0.15) is 11.7 Å². The van der Waals surface area contributed by atoms with Crippen LogP contribution >= 0.6 is 15.9 Å². The summed E-state index contributed by atoms with van der Waals surface area (Å²) in [5, 5.41) is 5.22. The first kappa shape index (κ1) is 19.3. The molecule has 1 heterocycles. The second-order valence-corrected chi connectivity index (χ2v) is 5.78. The van der Waals surface area contributed by atoms with Crippen molar-refractivity contribution in [1.29, 1.82) is 0 Å². The molecule has 0 saturated heterocycles. The van der Waals surface area contributed by atoms with E-state index in [0.29, 0.717) is 0 Å². The number of carbonyl (C=O) groups is 1. The molecule has 1 atom stereocenters. The Balaban J connectivity index is 2.25. The van der Waals surface area contributed by atoms with Gasteiger partial charge in [0.15, 0.2) is 0 Å². The Morgan fingerprint density at radius 3 is 2.20 bits per heavy atom. The van der Waals surface area contributed by atoms with E-state index in [1.54, 1.807) is 5.32 Å². The summed E-state index contributed by atoms with van der Waals surface area (Å²) in [4.78, 5) is 11.8. The fraction of sp³-hybridized carbons (Fsp3) is 0.286. The quantitative estimate of drug-likeness (QED) is 0.711. The topological polar surface area (TPSA) is 55.1 Å². The Morgan fingerprint density at radius 1 is 1.16 bits per heavy atom. The molecule has 0 unspecified atom stereocenters. The summed E-state index contributed by atoms with van der Waals surface area (Å²) in [5.41, 5.74) is -0.710. The van der Waals surface area contributed by atoms with Crippen molar-refractivity contribution in [1.82, 2.24) is 10.5 Å². The first-order valence-corrected chi connectivity index (χ1v) is 7.41. The Bertz CT molecular complexity index is 767. The molecule has 0 spiro atoms. The van der Waals surface area contributed by atoms with Gasteiger partial charge in [0, 0.05) is 5.56 Å². The van der Waals surface area contributed by atoms with E-state index < -0.39 is 35.6 Å². The van der Waals surface area contributed by atoms with E-state index in [4.69, 9.17) is 4.52 Å². The van der Waals surface area contributed by atoms with Crippen LogP contribution in [-0.4, -0.2) is 23.3 Å². The van der Waals surface area contributed by atoms with Crippen molar-refractivity contribution < 1.29 is 35.7 Å². The molecular formula is C14H9BrF6N2O2. The number of alkyl halides is 6. The van der Waals surface area contributed by atoms with Crippen molar-refractivity contribution in [2.45, 2.75) is 25.3 Å². The van der Waals surface area contributed by atoms with E-state index in [-0.39, 0.29) is 15.7 Å². The number of carbonyl (C=O) groups excluding carboxylic acids is 1. The molecule has 2 aromatic rings. The largest absolute Gasteiger partial charge is 0.416 e. The molecule has 4 nitrogen and oxygen atoms in total. The smallest absolute Gasteiger partial charge is 0.349 e. The van der Waals surface area contributed by atoms with Crippen LogP contribution in [0.4, 0.5) is 26.3 Å². The molecule has 1 aromatic heterocycles. The number of hydrogen-bond donors (Lipinski definition) is 1. The minimum Gasteiger partial charge on any atom is -0.349 e. The molecule has 1 amide bonds. The highest BCUT2D eigenvalue weighted by atomic mass is 79.9. The summed E-state index contributed by atoms with van der Waals surface area (Å²) in [7, 11) is 0. The zero-order valence-corrected chi connectivity index (χ0v) is 13.9. The van der Waals surface area contributed by atoms with E-state index in [1.807, 2.05) is 0 Å². The highest BCUT2D eigenvalue weighted by Crippen LogP contribution is 2.34. The van der Waals surface area contributed by atoms with Gasteiger partial charge in [0.2, 0.25) is 5.76 Å². The summed E-state index contributed by atoms with van der Waals surface area (Å²) in [5.74, 6) is -1.69. The molecule has 11 heteroatoms. The zero-order chi connectivity index (χ0) is 19.0. The van der Waals surface area contributed by atoms with Crippen molar-refractivity contribution in [2.75, 3.05) is 0 Å². The first-order valence-electron chi connectivity index (χ1n) is 6.61. The standard InChI is InChI=1S/C14H9BrF6N2O2/c1-6(13(16,17)18)22-12(24)11-9(15)10(23-25-11)7-2-4-8(5-3-7)14(19,20)21/h2-6H,1H3,(H,22,24)/t6-/m0/s1. The lowest BCUT2D eigenvalue weighted by Crippen LogP contribution is -2.43. The lowest BCUT2D eigenvalue weighted by Gasteiger charge is -2.16. The van der Waals surface area contributed by atoms with Crippen LogP contribution in [0.5, 0.6) is 0 Å². The number of nitrogens with zero attached hydrogens (tertiary/aromatic N) is 1. The second kappa shape index (κ2) is 6.70. The van der Waals surface area contributed by atoms with E-state index in [9.17, 15) is 31.1 Å². The van der Waals surface area contributed by atoms with Crippen LogP contribution in [0.25, 0.3) is 11.3 Å². The van der Waals surface area contributed by atoms with Gasteiger partial charge in [-0.3, -0.25) is 4.79 Å². The predicted molar refractivity (Wildman–Crippen MR) is 77.6 cm³/mol. The van der Waals surface area contributed by atoms with Gasteiger partial charge >= 0.3 is 12.4 Å². The molecule has 0 aliphatic rings. The van der Waals surface area contributed by atoms with Crippen LogP contribution < -0.4 is 5.32 Å². The Hall–Kier alpha value is -2.04. The number of rotatable bonds is 3. The Labute approximate surface area is 145 Å². The molecule has 2 rings (SSSR count). The summed E-state index contributed by atoms with van der Waals surface area (Å²) in [6, 6.07) is 1.70. The summed E-state index contributed by atoms with van der Waals surface area (Å²) in [6.07, 6.45) is -9.16. The average Bonchev–Trinajstić information content (AvgIpc) is 2.87. The van der Waals surface area contributed by atoms with E-state index in [0.717, 1.165) is 31.2 Å². The van der Waals surface area contributed by atoms with E-state index >= 15 is 0 Å². The molecule has 1 aromatic carbocycles. The number of amides is 1.